The average Bonchev–Trinajstić information content (AvgIpc) is 3.39. The molecule has 1 aliphatic heterocycles. The number of rotatable bonds is 7. The smallest absolute Gasteiger partial charge is 0.229 e. The van der Waals surface area contributed by atoms with Gasteiger partial charge in [-0.05, 0) is 32.0 Å². The number of aromatic nitrogens is 4. The summed E-state index contributed by atoms with van der Waals surface area (Å²) in [6, 6.07) is 5.68. The molecule has 29 heavy (non-hydrogen) atoms. The Morgan fingerprint density at radius 3 is 3.03 bits per heavy atom. The Kier molecular flexibility index (Phi) is 5.43. The van der Waals surface area contributed by atoms with Gasteiger partial charge in [0.2, 0.25) is 11.8 Å². The molecule has 1 fully saturated rings. The van der Waals surface area contributed by atoms with E-state index in [1.165, 1.54) is 11.3 Å². The molecule has 3 heterocycles. The van der Waals surface area contributed by atoms with Gasteiger partial charge in [-0.2, -0.15) is 0 Å². The third kappa shape index (κ3) is 4.21. The van der Waals surface area contributed by atoms with Gasteiger partial charge in [0.15, 0.2) is 5.13 Å². The first-order chi connectivity index (χ1) is 14.0. The molecule has 0 bridgehead atoms. The molecule has 0 aliphatic carbocycles. The summed E-state index contributed by atoms with van der Waals surface area (Å²) in [5.74, 6) is 0.187. The summed E-state index contributed by atoms with van der Waals surface area (Å²) in [5.41, 5.74) is 1.65. The highest BCUT2D eigenvalue weighted by atomic mass is 32.1. The van der Waals surface area contributed by atoms with Crippen molar-refractivity contribution >= 4 is 38.5 Å². The first kappa shape index (κ1) is 19.3. The van der Waals surface area contributed by atoms with E-state index in [9.17, 15) is 9.59 Å². The molecule has 10 heteroatoms. The fourth-order valence-corrected chi connectivity index (χ4v) is 4.30. The molecule has 3 aromatic rings. The highest BCUT2D eigenvalue weighted by Gasteiger charge is 2.36. The molecule has 4 rings (SSSR count). The van der Waals surface area contributed by atoms with Crippen LogP contribution in [0.5, 0.6) is 5.75 Å². The summed E-state index contributed by atoms with van der Waals surface area (Å²) in [6.45, 7) is 5.70. The Balaban J connectivity index is 1.38. The molecule has 0 radical (unpaired) electrons. The van der Waals surface area contributed by atoms with Gasteiger partial charge in [0, 0.05) is 25.7 Å². The molecule has 2 amide bonds. The summed E-state index contributed by atoms with van der Waals surface area (Å²) in [6.07, 6.45) is 2.01. The third-order valence-corrected chi connectivity index (χ3v) is 5.72. The van der Waals surface area contributed by atoms with Gasteiger partial charge < -0.3 is 10.1 Å². The quantitative estimate of drug-likeness (QED) is 0.632. The standard InChI is InChI=1S/C19H22N6O3S/c1-3-28-14-4-5-15-16(9-14)29-19(21-15)25-11-13(8-17(25)26)18(27)20-6-7-24-10-12(2)22-23-24/h4-5,9-10,13H,3,6-8,11H2,1-2H3,(H,20,27). The fourth-order valence-electron chi connectivity index (χ4n) is 3.28. The third-order valence-electron chi connectivity index (χ3n) is 4.68. The summed E-state index contributed by atoms with van der Waals surface area (Å²) in [5, 5.41) is 11.4. The molecule has 1 aromatic carbocycles. The highest BCUT2D eigenvalue weighted by molar-refractivity contribution is 7.22. The Hall–Kier alpha value is -3.01. The molecule has 0 spiro atoms. The number of nitrogens with zero attached hydrogens (tertiary/aromatic N) is 5. The van der Waals surface area contributed by atoms with Crippen molar-refractivity contribution in [1.29, 1.82) is 0 Å². The van der Waals surface area contributed by atoms with Crippen molar-refractivity contribution in [3.8, 4) is 5.75 Å². The second kappa shape index (κ2) is 8.16. The Morgan fingerprint density at radius 1 is 1.41 bits per heavy atom. The minimum atomic E-state index is -0.383. The Bertz CT molecular complexity index is 1050. The lowest BCUT2D eigenvalue weighted by atomic mass is 10.1. The number of anilines is 1. The molecule has 152 valence electrons. The van der Waals surface area contributed by atoms with Crippen molar-refractivity contribution in [2.45, 2.75) is 26.8 Å². The predicted molar refractivity (Wildman–Crippen MR) is 109 cm³/mol. The largest absolute Gasteiger partial charge is 0.494 e. The van der Waals surface area contributed by atoms with Gasteiger partial charge in [-0.3, -0.25) is 19.2 Å². The van der Waals surface area contributed by atoms with Gasteiger partial charge in [-0.1, -0.05) is 16.6 Å². The predicted octanol–water partition coefficient (Wildman–Crippen LogP) is 1.76. The zero-order chi connectivity index (χ0) is 20.4. The van der Waals surface area contributed by atoms with Crippen LogP contribution in [-0.2, 0) is 16.1 Å². The maximum Gasteiger partial charge on any atom is 0.229 e. The minimum Gasteiger partial charge on any atom is -0.494 e. The molecule has 1 saturated heterocycles. The van der Waals surface area contributed by atoms with Crippen LogP contribution in [0.2, 0.25) is 0 Å². The summed E-state index contributed by atoms with van der Waals surface area (Å²) < 4.78 is 8.16. The minimum absolute atomic E-state index is 0.0823. The maximum atomic E-state index is 12.5. The molecule has 0 saturated carbocycles. The van der Waals surface area contributed by atoms with Crippen LogP contribution in [0.15, 0.2) is 24.4 Å². The zero-order valence-electron chi connectivity index (χ0n) is 16.3. The first-order valence-electron chi connectivity index (χ1n) is 9.51. The summed E-state index contributed by atoms with van der Waals surface area (Å²) in [7, 11) is 0. The van der Waals surface area contributed by atoms with Crippen LogP contribution in [0, 0.1) is 12.8 Å². The molecular weight excluding hydrogens is 392 g/mol. The average molecular weight is 414 g/mol. The van der Waals surface area contributed by atoms with E-state index in [0.29, 0.717) is 31.4 Å². The number of hydrogen-bond donors (Lipinski definition) is 1. The number of aryl methyl sites for hydroxylation is 1. The van der Waals surface area contributed by atoms with E-state index in [0.717, 1.165) is 21.7 Å². The monoisotopic (exact) mass is 414 g/mol. The molecule has 1 atom stereocenters. The second-order valence-corrected chi connectivity index (χ2v) is 7.89. The van der Waals surface area contributed by atoms with E-state index < -0.39 is 0 Å². The zero-order valence-corrected chi connectivity index (χ0v) is 17.1. The number of hydrogen-bond acceptors (Lipinski definition) is 7. The number of carbonyl (C=O) groups is 2. The van der Waals surface area contributed by atoms with Crippen LogP contribution in [0.4, 0.5) is 5.13 Å². The number of benzene rings is 1. The molecular formula is C19H22N6O3S. The van der Waals surface area contributed by atoms with Crippen molar-refractivity contribution in [1.82, 2.24) is 25.3 Å². The van der Waals surface area contributed by atoms with Crippen molar-refractivity contribution in [3.05, 3.63) is 30.1 Å². The lowest BCUT2D eigenvalue weighted by Crippen LogP contribution is -2.34. The van der Waals surface area contributed by atoms with Crippen LogP contribution < -0.4 is 15.0 Å². The van der Waals surface area contributed by atoms with Crippen molar-refractivity contribution in [2.24, 2.45) is 5.92 Å². The Labute approximate surface area is 171 Å². The van der Waals surface area contributed by atoms with E-state index in [1.807, 2.05) is 38.2 Å². The highest BCUT2D eigenvalue weighted by Crippen LogP contribution is 2.34. The van der Waals surface area contributed by atoms with Crippen LogP contribution in [-0.4, -0.2) is 51.5 Å². The number of carbonyl (C=O) groups excluding carboxylic acids is 2. The van der Waals surface area contributed by atoms with E-state index in [4.69, 9.17) is 4.74 Å². The lowest BCUT2D eigenvalue weighted by Gasteiger charge is -2.13. The molecule has 1 N–H and O–H groups in total. The molecule has 1 unspecified atom stereocenters. The SMILES string of the molecule is CCOc1ccc2nc(N3CC(C(=O)NCCn4cc(C)nn4)CC3=O)sc2c1. The van der Waals surface area contributed by atoms with Gasteiger partial charge >= 0.3 is 0 Å². The number of ether oxygens (including phenoxy) is 1. The van der Waals surface area contributed by atoms with Gasteiger partial charge in [-0.25, -0.2) is 4.98 Å². The van der Waals surface area contributed by atoms with Crippen LogP contribution >= 0.6 is 11.3 Å². The number of amides is 2. The van der Waals surface area contributed by atoms with Crippen molar-refractivity contribution < 1.29 is 14.3 Å². The van der Waals surface area contributed by atoms with E-state index in [-0.39, 0.29) is 24.2 Å². The van der Waals surface area contributed by atoms with Gasteiger partial charge in [0.25, 0.3) is 0 Å². The van der Waals surface area contributed by atoms with Gasteiger partial charge in [0.1, 0.15) is 5.75 Å². The van der Waals surface area contributed by atoms with E-state index in [1.54, 1.807) is 9.58 Å². The van der Waals surface area contributed by atoms with Crippen LogP contribution in [0.1, 0.15) is 19.0 Å². The van der Waals surface area contributed by atoms with E-state index >= 15 is 0 Å². The molecule has 1 aliphatic rings. The fraction of sp³-hybridized carbons (Fsp3) is 0.421. The van der Waals surface area contributed by atoms with Crippen molar-refractivity contribution in [2.75, 3.05) is 24.6 Å². The van der Waals surface area contributed by atoms with Gasteiger partial charge in [-0.15, -0.1) is 5.10 Å². The summed E-state index contributed by atoms with van der Waals surface area (Å²) in [4.78, 5) is 31.2. The second-order valence-electron chi connectivity index (χ2n) is 6.88. The van der Waals surface area contributed by atoms with Gasteiger partial charge in [0.05, 0.1) is 35.0 Å². The normalized spacial score (nSPS) is 16.6. The summed E-state index contributed by atoms with van der Waals surface area (Å²) >= 11 is 1.43. The van der Waals surface area contributed by atoms with E-state index in [2.05, 4.69) is 20.6 Å². The van der Waals surface area contributed by atoms with Crippen molar-refractivity contribution in [3.63, 3.8) is 0 Å². The van der Waals surface area contributed by atoms with Crippen LogP contribution in [0.25, 0.3) is 10.2 Å². The first-order valence-corrected chi connectivity index (χ1v) is 10.3. The number of fused-ring (bicyclic) bond motifs is 1. The van der Waals surface area contributed by atoms with Crippen LogP contribution in [0.3, 0.4) is 0 Å². The number of nitrogens with one attached hydrogen (secondary N) is 1. The topological polar surface area (TPSA) is 102 Å². The maximum absolute atomic E-state index is 12.5. The Morgan fingerprint density at radius 2 is 2.28 bits per heavy atom. The number of thiazole rings is 1. The lowest BCUT2D eigenvalue weighted by molar-refractivity contribution is -0.126. The molecule has 2 aromatic heterocycles. The molecule has 9 nitrogen and oxygen atoms in total.